The zero-order valence-electron chi connectivity index (χ0n) is 9.03. The quantitative estimate of drug-likeness (QED) is 0.557. The number of aromatic nitrogens is 3. The van der Waals surface area contributed by atoms with Crippen LogP contribution < -0.4 is 0 Å². The van der Waals surface area contributed by atoms with Crippen molar-refractivity contribution in [2.45, 2.75) is 6.92 Å². The largest absolute Gasteiger partial charge is 0.333 e. The number of benzene rings is 1. The van der Waals surface area contributed by atoms with Crippen LogP contribution in [0.5, 0.6) is 0 Å². The second-order valence-corrected chi connectivity index (χ2v) is 4.33. The minimum absolute atomic E-state index is 0.465. The van der Waals surface area contributed by atoms with Crippen LogP contribution in [0, 0.1) is 6.92 Å². The van der Waals surface area contributed by atoms with Crippen molar-refractivity contribution in [2.75, 3.05) is 0 Å². The fourth-order valence-corrected chi connectivity index (χ4v) is 2.22. The normalized spacial score (nSPS) is 11.4. The topological polar surface area (TPSA) is 30.7 Å². The summed E-state index contributed by atoms with van der Waals surface area (Å²) in [6, 6.07) is 6.14. The summed E-state index contributed by atoms with van der Waals surface area (Å²) in [5.41, 5.74) is 3.92. The molecule has 80 valence electrons. The highest BCUT2D eigenvalue weighted by molar-refractivity contribution is 6.35. The predicted molar refractivity (Wildman–Crippen MR) is 65.8 cm³/mol. The Bertz CT molecular complexity index is 700. The van der Waals surface area contributed by atoms with Crippen molar-refractivity contribution >= 4 is 33.5 Å². The van der Waals surface area contributed by atoms with Crippen LogP contribution in [0.2, 0.25) is 5.15 Å². The van der Waals surface area contributed by atoms with Gasteiger partial charge >= 0.3 is 0 Å². The molecule has 2 aromatic heterocycles. The maximum atomic E-state index is 6.10. The van der Waals surface area contributed by atoms with Crippen LogP contribution >= 0.6 is 11.6 Å². The van der Waals surface area contributed by atoms with Gasteiger partial charge in [-0.2, -0.15) is 0 Å². The summed E-state index contributed by atoms with van der Waals surface area (Å²) in [4.78, 5) is 8.61. The summed E-state index contributed by atoms with van der Waals surface area (Å²) in [6.45, 7) is 2.07. The van der Waals surface area contributed by atoms with Gasteiger partial charge in [0.15, 0.2) is 5.15 Å². The highest BCUT2D eigenvalue weighted by Crippen LogP contribution is 2.28. The second-order valence-electron chi connectivity index (χ2n) is 3.98. The molecule has 0 amide bonds. The average Bonchev–Trinajstić information content (AvgIpc) is 2.63. The van der Waals surface area contributed by atoms with Crippen LogP contribution in [-0.2, 0) is 7.05 Å². The van der Waals surface area contributed by atoms with E-state index in [1.54, 1.807) is 6.33 Å². The zero-order valence-corrected chi connectivity index (χ0v) is 9.78. The lowest BCUT2D eigenvalue weighted by molar-refractivity contribution is 0.950. The smallest absolute Gasteiger partial charge is 0.157 e. The maximum Gasteiger partial charge on any atom is 0.157 e. The van der Waals surface area contributed by atoms with E-state index >= 15 is 0 Å². The standard InChI is InChI=1S/C12H10ClN3/c1-7-3-4-9-8(5-7)11-10(12(13)15-9)14-6-16(11)2/h3-6H,1-2H3. The van der Waals surface area contributed by atoms with E-state index in [1.165, 1.54) is 5.56 Å². The van der Waals surface area contributed by atoms with Gasteiger partial charge in [0.05, 0.1) is 17.4 Å². The minimum Gasteiger partial charge on any atom is -0.333 e. The Morgan fingerprint density at radius 3 is 2.94 bits per heavy atom. The number of pyridine rings is 1. The number of hydrogen-bond donors (Lipinski definition) is 0. The summed E-state index contributed by atoms with van der Waals surface area (Å²) in [5.74, 6) is 0. The van der Waals surface area contributed by atoms with E-state index in [0.717, 1.165) is 21.9 Å². The first-order valence-electron chi connectivity index (χ1n) is 5.04. The third-order valence-electron chi connectivity index (χ3n) is 2.76. The van der Waals surface area contributed by atoms with Crippen LogP contribution in [-0.4, -0.2) is 14.5 Å². The third kappa shape index (κ3) is 1.21. The molecule has 0 unspecified atom stereocenters. The van der Waals surface area contributed by atoms with Gasteiger partial charge in [-0.1, -0.05) is 23.2 Å². The summed E-state index contributed by atoms with van der Waals surface area (Å²) in [5, 5.41) is 1.56. The van der Waals surface area contributed by atoms with E-state index < -0.39 is 0 Å². The first-order valence-corrected chi connectivity index (χ1v) is 5.41. The molecule has 0 fully saturated rings. The molecule has 0 radical (unpaired) electrons. The molecule has 0 bridgehead atoms. The molecule has 2 heterocycles. The Morgan fingerprint density at radius 2 is 2.12 bits per heavy atom. The summed E-state index contributed by atoms with van der Waals surface area (Å²) in [6.07, 6.45) is 1.76. The second kappa shape index (κ2) is 3.19. The number of aryl methyl sites for hydroxylation is 2. The molecule has 0 spiro atoms. The van der Waals surface area contributed by atoms with Crippen LogP contribution in [0.15, 0.2) is 24.5 Å². The van der Waals surface area contributed by atoms with Crippen molar-refractivity contribution in [2.24, 2.45) is 7.05 Å². The van der Waals surface area contributed by atoms with E-state index in [-0.39, 0.29) is 0 Å². The lowest BCUT2D eigenvalue weighted by atomic mass is 10.1. The van der Waals surface area contributed by atoms with Crippen molar-refractivity contribution in [1.29, 1.82) is 0 Å². The Kier molecular flexibility index (Phi) is 1.91. The fourth-order valence-electron chi connectivity index (χ4n) is 1.99. The number of halogens is 1. The number of rotatable bonds is 0. The molecular formula is C12H10ClN3. The van der Waals surface area contributed by atoms with Gasteiger partial charge in [-0.25, -0.2) is 9.97 Å². The van der Waals surface area contributed by atoms with Gasteiger partial charge in [0, 0.05) is 12.4 Å². The van der Waals surface area contributed by atoms with E-state index in [9.17, 15) is 0 Å². The third-order valence-corrected chi connectivity index (χ3v) is 3.02. The molecule has 1 aromatic carbocycles. The molecule has 3 nitrogen and oxygen atoms in total. The SMILES string of the molecule is Cc1ccc2nc(Cl)c3ncn(C)c3c2c1. The van der Waals surface area contributed by atoms with Gasteiger partial charge in [-0.05, 0) is 19.1 Å². The molecule has 0 N–H and O–H groups in total. The lowest BCUT2D eigenvalue weighted by Crippen LogP contribution is -1.89. The average molecular weight is 232 g/mol. The Balaban J connectivity index is 2.64. The summed E-state index contributed by atoms with van der Waals surface area (Å²) < 4.78 is 1.98. The Labute approximate surface area is 97.7 Å². The first-order chi connectivity index (χ1) is 7.66. The molecule has 4 heteroatoms. The molecule has 16 heavy (non-hydrogen) atoms. The first kappa shape index (κ1) is 9.60. The molecular weight excluding hydrogens is 222 g/mol. The van der Waals surface area contributed by atoms with E-state index in [1.807, 2.05) is 23.7 Å². The van der Waals surface area contributed by atoms with Crippen LogP contribution in [0.25, 0.3) is 21.9 Å². The van der Waals surface area contributed by atoms with Crippen LogP contribution in [0.3, 0.4) is 0 Å². The summed E-state index contributed by atoms with van der Waals surface area (Å²) in [7, 11) is 1.97. The summed E-state index contributed by atoms with van der Waals surface area (Å²) >= 11 is 6.10. The van der Waals surface area contributed by atoms with Crippen LogP contribution in [0.1, 0.15) is 5.56 Å². The molecule has 0 saturated carbocycles. The monoisotopic (exact) mass is 231 g/mol. The van der Waals surface area contributed by atoms with Crippen molar-refractivity contribution < 1.29 is 0 Å². The molecule has 3 rings (SSSR count). The fraction of sp³-hybridized carbons (Fsp3) is 0.167. The number of imidazole rings is 1. The number of nitrogens with zero attached hydrogens (tertiary/aromatic N) is 3. The minimum atomic E-state index is 0.465. The van der Waals surface area contributed by atoms with Crippen molar-refractivity contribution in [1.82, 2.24) is 14.5 Å². The highest BCUT2D eigenvalue weighted by atomic mass is 35.5. The Morgan fingerprint density at radius 1 is 1.31 bits per heavy atom. The van der Waals surface area contributed by atoms with Gasteiger partial charge in [0.2, 0.25) is 0 Å². The molecule has 0 saturated heterocycles. The molecule has 0 atom stereocenters. The van der Waals surface area contributed by atoms with Crippen molar-refractivity contribution in [3.8, 4) is 0 Å². The van der Waals surface area contributed by atoms with Gasteiger partial charge in [-0.15, -0.1) is 0 Å². The van der Waals surface area contributed by atoms with E-state index in [0.29, 0.717) is 5.15 Å². The number of hydrogen-bond acceptors (Lipinski definition) is 2. The van der Waals surface area contributed by atoms with Crippen LogP contribution in [0.4, 0.5) is 0 Å². The van der Waals surface area contributed by atoms with E-state index in [2.05, 4.69) is 23.0 Å². The molecule has 0 aliphatic rings. The van der Waals surface area contributed by atoms with Gasteiger partial charge in [-0.3, -0.25) is 0 Å². The maximum absolute atomic E-state index is 6.10. The Hall–Kier alpha value is -1.61. The zero-order chi connectivity index (χ0) is 11.3. The highest BCUT2D eigenvalue weighted by Gasteiger charge is 2.10. The molecule has 3 aromatic rings. The van der Waals surface area contributed by atoms with Crippen molar-refractivity contribution in [3.05, 3.63) is 35.2 Å². The van der Waals surface area contributed by atoms with Gasteiger partial charge < -0.3 is 4.57 Å². The van der Waals surface area contributed by atoms with Crippen molar-refractivity contribution in [3.63, 3.8) is 0 Å². The predicted octanol–water partition coefficient (Wildman–Crippen LogP) is 3.08. The molecule has 0 aliphatic heterocycles. The molecule has 0 aliphatic carbocycles. The van der Waals surface area contributed by atoms with Gasteiger partial charge in [0.1, 0.15) is 5.52 Å². The lowest BCUT2D eigenvalue weighted by Gasteiger charge is -2.03. The number of fused-ring (bicyclic) bond motifs is 3. The van der Waals surface area contributed by atoms with Gasteiger partial charge in [0.25, 0.3) is 0 Å². The van der Waals surface area contributed by atoms with E-state index in [4.69, 9.17) is 11.6 Å².